The molecule has 24 heavy (non-hydrogen) atoms. The van der Waals surface area contributed by atoms with Crippen LogP contribution in [-0.4, -0.2) is 35.0 Å². The molecule has 0 unspecified atom stereocenters. The van der Waals surface area contributed by atoms with Gasteiger partial charge in [0.05, 0.1) is 12.1 Å². The van der Waals surface area contributed by atoms with Crippen molar-refractivity contribution in [2.24, 2.45) is 0 Å². The minimum Gasteiger partial charge on any atom is -0.421 e. The number of nitrogens with one attached hydrogen (secondary N) is 2. The van der Waals surface area contributed by atoms with Crippen LogP contribution in [0.15, 0.2) is 28.7 Å². The van der Waals surface area contributed by atoms with E-state index in [9.17, 15) is 4.79 Å². The number of rotatable bonds is 5. The highest BCUT2D eigenvalue weighted by atomic mass is 16.5. The lowest BCUT2D eigenvalue weighted by Crippen LogP contribution is -2.44. The molecule has 2 N–H and O–H groups in total. The highest BCUT2D eigenvalue weighted by Crippen LogP contribution is 2.20. The van der Waals surface area contributed by atoms with Gasteiger partial charge >= 0.3 is 6.03 Å². The van der Waals surface area contributed by atoms with Crippen LogP contribution in [-0.2, 0) is 4.74 Å². The number of benzene rings is 1. The first-order valence-electron chi connectivity index (χ1n) is 8.25. The number of ether oxygens (including phenoxy) is 1. The summed E-state index contributed by atoms with van der Waals surface area (Å²) in [6.45, 7) is 4.57. The smallest absolute Gasteiger partial charge is 0.319 e. The van der Waals surface area contributed by atoms with E-state index in [1.807, 2.05) is 31.2 Å². The maximum Gasteiger partial charge on any atom is 0.319 e. The van der Waals surface area contributed by atoms with Crippen LogP contribution < -0.4 is 10.6 Å². The van der Waals surface area contributed by atoms with Gasteiger partial charge in [0, 0.05) is 24.8 Å². The summed E-state index contributed by atoms with van der Waals surface area (Å²) in [6.07, 6.45) is 3.01. The largest absolute Gasteiger partial charge is 0.421 e. The van der Waals surface area contributed by atoms with E-state index in [1.165, 1.54) is 0 Å². The summed E-state index contributed by atoms with van der Waals surface area (Å²) in [7, 11) is 0. The predicted molar refractivity (Wildman–Crippen MR) is 89.7 cm³/mol. The van der Waals surface area contributed by atoms with Crippen LogP contribution in [0.5, 0.6) is 0 Å². The average molecular weight is 330 g/mol. The molecule has 2 aromatic rings. The normalized spacial score (nSPS) is 18.3. The predicted octanol–water partition coefficient (Wildman–Crippen LogP) is 3.12. The van der Waals surface area contributed by atoms with Crippen molar-refractivity contribution < 1.29 is 13.9 Å². The molecule has 3 rings (SSSR count). The van der Waals surface area contributed by atoms with Crippen LogP contribution in [0.25, 0.3) is 11.5 Å². The molecule has 0 radical (unpaired) electrons. The Morgan fingerprint density at radius 3 is 2.71 bits per heavy atom. The van der Waals surface area contributed by atoms with Gasteiger partial charge in [0.25, 0.3) is 0 Å². The molecule has 1 aliphatic heterocycles. The quantitative estimate of drug-likeness (QED) is 0.879. The number of carbonyl (C=O) groups is 1. The van der Waals surface area contributed by atoms with Crippen molar-refractivity contribution in [3.8, 4) is 11.5 Å². The van der Waals surface area contributed by atoms with Crippen molar-refractivity contribution in [3.63, 3.8) is 0 Å². The molecule has 2 heterocycles. The lowest BCUT2D eigenvalue weighted by molar-refractivity contribution is 0.0804. The van der Waals surface area contributed by atoms with Crippen LogP contribution in [0, 0.1) is 6.92 Å². The molecule has 1 fully saturated rings. The molecule has 0 aliphatic carbocycles. The number of urea groups is 1. The van der Waals surface area contributed by atoms with E-state index in [4.69, 9.17) is 9.15 Å². The summed E-state index contributed by atoms with van der Waals surface area (Å²) in [5.74, 6) is 0.985. The van der Waals surface area contributed by atoms with Gasteiger partial charge in [0.15, 0.2) is 0 Å². The third kappa shape index (κ3) is 3.91. The van der Waals surface area contributed by atoms with Gasteiger partial charge in [-0.15, -0.1) is 10.2 Å². The lowest BCUT2D eigenvalue weighted by Gasteiger charge is -2.23. The van der Waals surface area contributed by atoms with E-state index < -0.39 is 0 Å². The summed E-state index contributed by atoms with van der Waals surface area (Å²) >= 11 is 0. The van der Waals surface area contributed by atoms with Crippen molar-refractivity contribution in [1.29, 1.82) is 0 Å². The lowest BCUT2D eigenvalue weighted by atomic mass is 10.1. The Balaban J connectivity index is 1.57. The molecule has 2 atom stereocenters. The van der Waals surface area contributed by atoms with Gasteiger partial charge in [0.1, 0.15) is 0 Å². The molecular formula is C17H22N4O3. The Kier molecular flexibility index (Phi) is 5.10. The number of hydrogen-bond donors (Lipinski definition) is 2. The Morgan fingerprint density at radius 2 is 2.12 bits per heavy atom. The van der Waals surface area contributed by atoms with Gasteiger partial charge in [0.2, 0.25) is 11.8 Å². The Morgan fingerprint density at radius 1 is 1.33 bits per heavy atom. The summed E-state index contributed by atoms with van der Waals surface area (Å²) in [5, 5.41) is 13.6. The summed E-state index contributed by atoms with van der Waals surface area (Å²) in [4.78, 5) is 12.2. The first-order chi connectivity index (χ1) is 11.7. The Labute approximate surface area is 140 Å². The molecule has 0 saturated carbocycles. The van der Waals surface area contributed by atoms with Crippen molar-refractivity contribution in [1.82, 2.24) is 15.5 Å². The molecule has 7 heteroatoms. The number of nitrogens with zero attached hydrogens (tertiary/aromatic N) is 2. The van der Waals surface area contributed by atoms with E-state index in [0.717, 1.165) is 31.4 Å². The maximum absolute atomic E-state index is 12.2. The van der Waals surface area contributed by atoms with Crippen molar-refractivity contribution >= 4 is 11.7 Å². The number of aryl methyl sites for hydroxylation is 1. The number of amides is 2. The number of hydrogen-bond acceptors (Lipinski definition) is 5. The third-order valence-corrected chi connectivity index (χ3v) is 4.09. The average Bonchev–Trinajstić information content (AvgIpc) is 3.25. The Bertz CT molecular complexity index is 677. The second-order valence-electron chi connectivity index (χ2n) is 5.87. The Hall–Kier alpha value is -2.41. The van der Waals surface area contributed by atoms with Gasteiger partial charge in [-0.3, -0.25) is 0 Å². The molecule has 0 spiro atoms. The topological polar surface area (TPSA) is 89.3 Å². The maximum atomic E-state index is 12.2. The number of carbonyl (C=O) groups excluding carboxylic acids is 1. The van der Waals surface area contributed by atoms with E-state index in [-0.39, 0.29) is 18.2 Å². The van der Waals surface area contributed by atoms with E-state index in [1.54, 1.807) is 6.92 Å². The second kappa shape index (κ2) is 7.44. The van der Waals surface area contributed by atoms with E-state index in [0.29, 0.717) is 17.5 Å². The number of aromatic nitrogens is 2. The second-order valence-corrected chi connectivity index (χ2v) is 5.87. The zero-order valence-corrected chi connectivity index (χ0v) is 13.9. The van der Waals surface area contributed by atoms with E-state index in [2.05, 4.69) is 20.8 Å². The van der Waals surface area contributed by atoms with Crippen molar-refractivity contribution in [2.45, 2.75) is 45.3 Å². The highest BCUT2D eigenvalue weighted by molar-refractivity contribution is 5.89. The standard InChI is InChI=1S/C17H22N4O3/c1-3-14(15-5-4-10-23-15)19-17(22)18-13-8-6-12(7-9-13)16-21-20-11(2)24-16/h6-9,14-15H,3-5,10H2,1-2H3,(H2,18,19,22)/t14-,15-/m0/s1. The monoisotopic (exact) mass is 330 g/mol. The fraction of sp³-hybridized carbons (Fsp3) is 0.471. The van der Waals surface area contributed by atoms with Crippen LogP contribution in [0.2, 0.25) is 0 Å². The molecule has 7 nitrogen and oxygen atoms in total. The first kappa shape index (κ1) is 16.4. The van der Waals surface area contributed by atoms with Crippen LogP contribution >= 0.6 is 0 Å². The van der Waals surface area contributed by atoms with Gasteiger partial charge in [-0.1, -0.05) is 6.92 Å². The summed E-state index contributed by atoms with van der Waals surface area (Å²) in [5.41, 5.74) is 1.52. The molecule has 1 saturated heterocycles. The van der Waals surface area contributed by atoms with Crippen molar-refractivity contribution in [2.75, 3.05) is 11.9 Å². The van der Waals surface area contributed by atoms with Gasteiger partial charge < -0.3 is 19.8 Å². The van der Waals surface area contributed by atoms with Crippen LogP contribution in [0.4, 0.5) is 10.5 Å². The van der Waals surface area contributed by atoms with Crippen LogP contribution in [0.1, 0.15) is 32.1 Å². The third-order valence-electron chi connectivity index (χ3n) is 4.09. The molecule has 128 valence electrons. The zero-order valence-electron chi connectivity index (χ0n) is 13.9. The molecule has 1 aromatic heterocycles. The fourth-order valence-corrected chi connectivity index (χ4v) is 2.82. The summed E-state index contributed by atoms with van der Waals surface area (Å²) in [6, 6.07) is 7.09. The molecule has 1 aromatic carbocycles. The fourth-order valence-electron chi connectivity index (χ4n) is 2.82. The van der Waals surface area contributed by atoms with Gasteiger partial charge in [-0.25, -0.2) is 4.79 Å². The SMILES string of the molecule is CC[C@H](NC(=O)Nc1ccc(-c2nnc(C)o2)cc1)[C@@H]1CCCO1. The molecular weight excluding hydrogens is 308 g/mol. The van der Waals surface area contributed by atoms with Gasteiger partial charge in [-0.2, -0.15) is 0 Å². The van der Waals surface area contributed by atoms with Gasteiger partial charge in [-0.05, 0) is 43.5 Å². The van der Waals surface area contributed by atoms with Crippen molar-refractivity contribution in [3.05, 3.63) is 30.2 Å². The zero-order chi connectivity index (χ0) is 16.9. The number of anilines is 1. The summed E-state index contributed by atoms with van der Waals surface area (Å²) < 4.78 is 11.0. The first-order valence-corrected chi connectivity index (χ1v) is 8.25. The molecule has 1 aliphatic rings. The minimum atomic E-state index is -0.223. The van der Waals surface area contributed by atoms with Crippen LogP contribution in [0.3, 0.4) is 0 Å². The highest BCUT2D eigenvalue weighted by Gasteiger charge is 2.25. The van der Waals surface area contributed by atoms with E-state index >= 15 is 0 Å². The minimum absolute atomic E-state index is 0.0353. The molecule has 0 bridgehead atoms. The molecule has 2 amide bonds.